The van der Waals surface area contributed by atoms with Gasteiger partial charge in [0.15, 0.2) is 0 Å². The van der Waals surface area contributed by atoms with Gasteiger partial charge in [0.25, 0.3) is 0 Å². The molecule has 0 aliphatic rings. The van der Waals surface area contributed by atoms with Gasteiger partial charge in [-0.1, -0.05) is 26.3 Å². The van der Waals surface area contributed by atoms with Crippen LogP contribution in [0.25, 0.3) is 0 Å². The predicted octanol–water partition coefficient (Wildman–Crippen LogP) is 3.21. The van der Waals surface area contributed by atoms with Crippen LogP contribution >= 0.6 is 0 Å². The summed E-state index contributed by atoms with van der Waals surface area (Å²) in [6, 6.07) is 4.83. The standard InChI is InChI=1S/C15H27N3/c1-5-7-13(3)18(4)15-9-8-14(12-17-15)11-16-10-6-2/h8-9,12-13,16H,5-7,10-11H2,1-4H3. The van der Waals surface area contributed by atoms with E-state index < -0.39 is 0 Å². The summed E-state index contributed by atoms with van der Waals surface area (Å²) in [6.07, 6.45) is 5.57. The summed E-state index contributed by atoms with van der Waals surface area (Å²) >= 11 is 0. The molecule has 1 rings (SSSR count). The van der Waals surface area contributed by atoms with Crippen molar-refractivity contribution in [1.82, 2.24) is 10.3 Å². The van der Waals surface area contributed by atoms with E-state index in [1.165, 1.54) is 24.8 Å². The minimum atomic E-state index is 0.548. The smallest absolute Gasteiger partial charge is 0.128 e. The summed E-state index contributed by atoms with van der Waals surface area (Å²) in [5.74, 6) is 1.06. The topological polar surface area (TPSA) is 28.2 Å². The number of hydrogen-bond acceptors (Lipinski definition) is 3. The van der Waals surface area contributed by atoms with Crippen molar-refractivity contribution in [1.29, 1.82) is 0 Å². The zero-order valence-electron chi connectivity index (χ0n) is 12.2. The molecule has 1 N–H and O–H groups in total. The Labute approximate surface area is 112 Å². The van der Waals surface area contributed by atoms with Crippen LogP contribution in [-0.4, -0.2) is 24.6 Å². The summed E-state index contributed by atoms with van der Waals surface area (Å²) in [5.41, 5.74) is 1.25. The summed E-state index contributed by atoms with van der Waals surface area (Å²) in [7, 11) is 2.12. The molecule has 1 aromatic rings. The van der Waals surface area contributed by atoms with E-state index in [9.17, 15) is 0 Å². The normalized spacial score (nSPS) is 12.4. The second-order valence-electron chi connectivity index (χ2n) is 4.95. The lowest BCUT2D eigenvalue weighted by Crippen LogP contribution is -2.29. The zero-order valence-corrected chi connectivity index (χ0v) is 12.2. The first kappa shape index (κ1) is 15.0. The molecular formula is C15H27N3. The molecule has 0 amide bonds. The van der Waals surface area contributed by atoms with Crippen LogP contribution in [0.4, 0.5) is 5.82 Å². The minimum absolute atomic E-state index is 0.548. The summed E-state index contributed by atoms with van der Waals surface area (Å²) in [6.45, 7) is 8.63. The molecule has 0 saturated heterocycles. The molecule has 18 heavy (non-hydrogen) atoms. The van der Waals surface area contributed by atoms with Gasteiger partial charge in [-0.25, -0.2) is 4.98 Å². The average Bonchev–Trinajstić information content (AvgIpc) is 2.39. The van der Waals surface area contributed by atoms with Crippen LogP contribution in [0, 0.1) is 0 Å². The van der Waals surface area contributed by atoms with Crippen molar-refractivity contribution in [3.05, 3.63) is 23.9 Å². The van der Waals surface area contributed by atoms with E-state index in [0.717, 1.165) is 18.9 Å². The first-order chi connectivity index (χ1) is 8.69. The zero-order chi connectivity index (χ0) is 13.4. The number of pyridine rings is 1. The summed E-state index contributed by atoms with van der Waals surface area (Å²) in [5, 5.41) is 3.39. The summed E-state index contributed by atoms with van der Waals surface area (Å²) < 4.78 is 0. The average molecular weight is 249 g/mol. The quantitative estimate of drug-likeness (QED) is 0.717. The molecule has 1 aromatic heterocycles. The van der Waals surface area contributed by atoms with Crippen LogP contribution < -0.4 is 10.2 Å². The van der Waals surface area contributed by atoms with Gasteiger partial charge in [0, 0.05) is 25.8 Å². The van der Waals surface area contributed by atoms with Crippen LogP contribution in [0.5, 0.6) is 0 Å². The number of anilines is 1. The van der Waals surface area contributed by atoms with E-state index in [1.54, 1.807) is 0 Å². The van der Waals surface area contributed by atoms with Gasteiger partial charge in [-0.3, -0.25) is 0 Å². The van der Waals surface area contributed by atoms with Gasteiger partial charge in [-0.2, -0.15) is 0 Å². The van der Waals surface area contributed by atoms with Gasteiger partial charge in [0.1, 0.15) is 5.82 Å². The maximum Gasteiger partial charge on any atom is 0.128 e. The number of nitrogens with one attached hydrogen (secondary N) is 1. The number of rotatable bonds is 8. The number of hydrogen-bond donors (Lipinski definition) is 1. The highest BCUT2D eigenvalue weighted by atomic mass is 15.2. The Morgan fingerprint density at radius 2 is 2.06 bits per heavy atom. The second kappa shape index (κ2) is 8.09. The van der Waals surface area contributed by atoms with E-state index in [0.29, 0.717) is 6.04 Å². The highest BCUT2D eigenvalue weighted by Crippen LogP contribution is 2.15. The molecule has 102 valence electrons. The monoisotopic (exact) mass is 249 g/mol. The predicted molar refractivity (Wildman–Crippen MR) is 79.0 cm³/mol. The second-order valence-corrected chi connectivity index (χ2v) is 4.95. The third-order valence-electron chi connectivity index (χ3n) is 3.29. The van der Waals surface area contributed by atoms with E-state index in [4.69, 9.17) is 0 Å². The molecule has 0 spiro atoms. The van der Waals surface area contributed by atoms with Crippen molar-refractivity contribution in [2.45, 2.75) is 52.6 Å². The Morgan fingerprint density at radius 1 is 1.28 bits per heavy atom. The van der Waals surface area contributed by atoms with Gasteiger partial charge in [-0.15, -0.1) is 0 Å². The molecule has 3 heteroatoms. The molecule has 3 nitrogen and oxygen atoms in total. The fourth-order valence-corrected chi connectivity index (χ4v) is 1.98. The lowest BCUT2D eigenvalue weighted by molar-refractivity contribution is 0.610. The van der Waals surface area contributed by atoms with E-state index in [-0.39, 0.29) is 0 Å². The third-order valence-corrected chi connectivity index (χ3v) is 3.29. The van der Waals surface area contributed by atoms with Crippen molar-refractivity contribution in [3.63, 3.8) is 0 Å². The van der Waals surface area contributed by atoms with Crippen LogP contribution in [-0.2, 0) is 6.54 Å². The maximum atomic E-state index is 4.55. The molecule has 1 atom stereocenters. The molecule has 0 aliphatic carbocycles. The lowest BCUT2D eigenvalue weighted by atomic mass is 10.1. The Morgan fingerprint density at radius 3 is 2.61 bits per heavy atom. The Hall–Kier alpha value is -1.09. The van der Waals surface area contributed by atoms with Gasteiger partial charge in [0.2, 0.25) is 0 Å². The largest absolute Gasteiger partial charge is 0.357 e. The number of aromatic nitrogens is 1. The van der Waals surface area contributed by atoms with Crippen LogP contribution in [0.15, 0.2) is 18.3 Å². The van der Waals surface area contributed by atoms with E-state index >= 15 is 0 Å². The first-order valence-electron chi connectivity index (χ1n) is 7.07. The van der Waals surface area contributed by atoms with Crippen LogP contribution in [0.3, 0.4) is 0 Å². The van der Waals surface area contributed by atoms with Gasteiger partial charge < -0.3 is 10.2 Å². The first-order valence-corrected chi connectivity index (χ1v) is 7.07. The Kier molecular flexibility index (Phi) is 6.73. The highest BCUT2D eigenvalue weighted by Gasteiger charge is 2.09. The maximum absolute atomic E-state index is 4.55. The summed E-state index contributed by atoms with van der Waals surface area (Å²) in [4.78, 5) is 6.80. The minimum Gasteiger partial charge on any atom is -0.357 e. The van der Waals surface area contributed by atoms with Crippen molar-refractivity contribution >= 4 is 5.82 Å². The fourth-order valence-electron chi connectivity index (χ4n) is 1.98. The van der Waals surface area contributed by atoms with Crippen molar-refractivity contribution in [3.8, 4) is 0 Å². The SMILES string of the molecule is CCCNCc1ccc(N(C)C(C)CCC)nc1. The lowest BCUT2D eigenvalue weighted by Gasteiger charge is -2.25. The molecule has 0 radical (unpaired) electrons. The molecular weight excluding hydrogens is 222 g/mol. The van der Waals surface area contributed by atoms with Crippen molar-refractivity contribution < 1.29 is 0 Å². The van der Waals surface area contributed by atoms with Crippen molar-refractivity contribution in [2.24, 2.45) is 0 Å². The third kappa shape index (κ3) is 4.65. The van der Waals surface area contributed by atoms with Crippen LogP contribution in [0.2, 0.25) is 0 Å². The molecule has 1 heterocycles. The molecule has 1 unspecified atom stereocenters. The Balaban J connectivity index is 2.53. The molecule has 0 aliphatic heterocycles. The molecule has 0 aromatic carbocycles. The van der Waals surface area contributed by atoms with Crippen molar-refractivity contribution in [2.75, 3.05) is 18.5 Å². The fraction of sp³-hybridized carbons (Fsp3) is 0.667. The molecule has 0 bridgehead atoms. The van der Waals surface area contributed by atoms with Gasteiger partial charge >= 0.3 is 0 Å². The van der Waals surface area contributed by atoms with Gasteiger partial charge in [0.05, 0.1) is 0 Å². The number of nitrogens with zero attached hydrogens (tertiary/aromatic N) is 2. The molecule has 0 fully saturated rings. The van der Waals surface area contributed by atoms with Gasteiger partial charge in [-0.05, 0) is 37.9 Å². The highest BCUT2D eigenvalue weighted by molar-refractivity contribution is 5.39. The Bertz CT molecular complexity index is 321. The van der Waals surface area contributed by atoms with E-state index in [2.05, 4.69) is 55.2 Å². The van der Waals surface area contributed by atoms with E-state index in [1.807, 2.05) is 6.20 Å². The molecule has 0 saturated carbocycles. The van der Waals surface area contributed by atoms with Crippen LogP contribution in [0.1, 0.15) is 45.6 Å².